The first-order chi connectivity index (χ1) is 9.33. The van der Waals surface area contributed by atoms with Gasteiger partial charge in [0, 0.05) is 32.6 Å². The van der Waals surface area contributed by atoms with Crippen molar-refractivity contribution in [3.63, 3.8) is 0 Å². The van der Waals surface area contributed by atoms with Crippen molar-refractivity contribution in [1.82, 2.24) is 15.0 Å². The highest BCUT2D eigenvalue weighted by Gasteiger charge is 2.17. The van der Waals surface area contributed by atoms with E-state index < -0.39 is 0 Å². The van der Waals surface area contributed by atoms with Gasteiger partial charge >= 0.3 is 0 Å². The minimum absolute atomic E-state index is 0.422. The van der Waals surface area contributed by atoms with Crippen molar-refractivity contribution in [2.24, 2.45) is 5.84 Å². The normalized spacial score (nSPS) is 14.9. The number of thioether (sulfide) groups is 1. The molecule has 7 nitrogen and oxygen atoms in total. The van der Waals surface area contributed by atoms with E-state index in [1.807, 2.05) is 0 Å². The third kappa shape index (κ3) is 4.19. The van der Waals surface area contributed by atoms with Crippen LogP contribution in [0.25, 0.3) is 0 Å². The highest BCUT2D eigenvalue weighted by molar-refractivity contribution is 7.99. The zero-order valence-corrected chi connectivity index (χ0v) is 11.9. The lowest BCUT2D eigenvalue weighted by Gasteiger charge is -2.16. The number of nitrogens with two attached hydrogens (primary N) is 1. The van der Waals surface area contributed by atoms with Crippen LogP contribution in [-0.4, -0.2) is 47.5 Å². The molecule has 0 amide bonds. The van der Waals surface area contributed by atoms with Crippen LogP contribution in [-0.2, 0) is 4.74 Å². The van der Waals surface area contributed by atoms with E-state index in [0.29, 0.717) is 11.1 Å². The molecule has 0 saturated carbocycles. The third-order valence-corrected chi connectivity index (χ3v) is 3.78. The van der Waals surface area contributed by atoms with Gasteiger partial charge in [-0.25, -0.2) is 5.84 Å². The summed E-state index contributed by atoms with van der Waals surface area (Å²) in [6.07, 6.45) is 3.35. The maximum Gasteiger partial charge on any atom is 0.242 e. The molecule has 0 spiro atoms. The van der Waals surface area contributed by atoms with Crippen LogP contribution in [0.3, 0.4) is 0 Å². The molecule has 2 heterocycles. The number of ether oxygens (including phenoxy) is 1. The SMILES string of the molecule is COCCCSc1nc(NN)nc(N2CCCC2)n1. The fourth-order valence-electron chi connectivity index (χ4n) is 1.90. The van der Waals surface area contributed by atoms with Gasteiger partial charge in [0.1, 0.15) is 0 Å². The van der Waals surface area contributed by atoms with Crippen LogP contribution >= 0.6 is 11.8 Å². The topological polar surface area (TPSA) is 89.2 Å². The number of methoxy groups -OCH3 is 1. The van der Waals surface area contributed by atoms with Crippen molar-refractivity contribution >= 4 is 23.7 Å². The number of rotatable bonds is 7. The molecular weight excluding hydrogens is 264 g/mol. The minimum Gasteiger partial charge on any atom is -0.385 e. The van der Waals surface area contributed by atoms with Crippen LogP contribution in [0.2, 0.25) is 0 Å². The summed E-state index contributed by atoms with van der Waals surface area (Å²) in [6.45, 7) is 2.75. The van der Waals surface area contributed by atoms with Crippen molar-refractivity contribution in [1.29, 1.82) is 0 Å². The van der Waals surface area contributed by atoms with E-state index in [1.54, 1.807) is 18.9 Å². The Balaban J connectivity index is 2.02. The maximum atomic E-state index is 5.41. The molecule has 8 heteroatoms. The summed E-state index contributed by atoms with van der Waals surface area (Å²) in [7, 11) is 1.70. The molecule has 106 valence electrons. The molecule has 19 heavy (non-hydrogen) atoms. The molecule has 0 bridgehead atoms. The summed E-state index contributed by atoms with van der Waals surface area (Å²) < 4.78 is 5.02. The van der Waals surface area contributed by atoms with Gasteiger partial charge in [-0.2, -0.15) is 15.0 Å². The second kappa shape index (κ2) is 7.46. The van der Waals surface area contributed by atoms with Crippen LogP contribution in [0.5, 0.6) is 0 Å². The van der Waals surface area contributed by atoms with Crippen molar-refractivity contribution in [3.05, 3.63) is 0 Å². The monoisotopic (exact) mass is 284 g/mol. The van der Waals surface area contributed by atoms with Crippen LogP contribution in [0.1, 0.15) is 19.3 Å². The lowest BCUT2D eigenvalue weighted by atomic mass is 10.4. The highest BCUT2D eigenvalue weighted by Crippen LogP contribution is 2.21. The van der Waals surface area contributed by atoms with Gasteiger partial charge in [-0.3, -0.25) is 5.43 Å². The molecule has 1 aliphatic rings. The second-order valence-electron chi connectivity index (χ2n) is 4.27. The van der Waals surface area contributed by atoms with E-state index in [2.05, 4.69) is 25.3 Å². The Hall–Kier alpha value is -1.12. The van der Waals surface area contributed by atoms with Crippen LogP contribution in [0.4, 0.5) is 11.9 Å². The first-order valence-electron chi connectivity index (χ1n) is 6.43. The maximum absolute atomic E-state index is 5.41. The number of nitrogen functional groups attached to an aromatic ring is 1. The Kier molecular flexibility index (Phi) is 5.62. The minimum atomic E-state index is 0.422. The zero-order valence-electron chi connectivity index (χ0n) is 11.1. The molecule has 1 aromatic heterocycles. The fourth-order valence-corrected chi connectivity index (χ4v) is 2.64. The van der Waals surface area contributed by atoms with Crippen LogP contribution < -0.4 is 16.2 Å². The summed E-state index contributed by atoms with van der Waals surface area (Å²) in [5.41, 5.74) is 2.51. The van der Waals surface area contributed by atoms with Crippen molar-refractivity contribution in [2.75, 3.05) is 42.9 Å². The molecule has 1 aliphatic heterocycles. The Morgan fingerprint density at radius 3 is 2.79 bits per heavy atom. The fraction of sp³-hybridized carbons (Fsp3) is 0.727. The molecule has 0 unspecified atom stereocenters. The second-order valence-corrected chi connectivity index (χ2v) is 5.34. The first kappa shape index (κ1) is 14.3. The number of hydrogen-bond donors (Lipinski definition) is 2. The molecule has 0 aliphatic carbocycles. The van der Waals surface area contributed by atoms with E-state index in [1.165, 1.54) is 12.8 Å². The first-order valence-corrected chi connectivity index (χ1v) is 7.41. The number of nitrogens with zero attached hydrogens (tertiary/aromatic N) is 4. The number of nitrogens with one attached hydrogen (secondary N) is 1. The lowest BCUT2D eigenvalue weighted by molar-refractivity contribution is 0.200. The highest BCUT2D eigenvalue weighted by atomic mass is 32.2. The molecule has 1 fully saturated rings. The summed E-state index contributed by atoms with van der Waals surface area (Å²) in [5, 5.41) is 0.709. The number of anilines is 2. The van der Waals surface area contributed by atoms with E-state index in [4.69, 9.17) is 10.6 Å². The Labute approximate surface area is 117 Å². The van der Waals surface area contributed by atoms with Crippen LogP contribution in [0, 0.1) is 0 Å². The quantitative estimate of drug-likeness (QED) is 0.330. The standard InChI is InChI=1S/C11H20N6OS/c1-18-7-4-8-19-11-14-9(16-12)13-10(15-11)17-5-2-3-6-17/h2-8,12H2,1H3,(H,13,14,15,16). The van der Waals surface area contributed by atoms with Gasteiger partial charge in [0.2, 0.25) is 11.9 Å². The lowest BCUT2D eigenvalue weighted by Crippen LogP contribution is -2.22. The Morgan fingerprint density at radius 1 is 1.32 bits per heavy atom. The Morgan fingerprint density at radius 2 is 2.11 bits per heavy atom. The molecular formula is C11H20N6OS. The largest absolute Gasteiger partial charge is 0.385 e. The predicted molar refractivity (Wildman–Crippen MR) is 76.3 cm³/mol. The molecule has 2 rings (SSSR count). The van der Waals surface area contributed by atoms with Crippen LogP contribution in [0.15, 0.2) is 5.16 Å². The van der Waals surface area contributed by atoms with Gasteiger partial charge in [-0.15, -0.1) is 0 Å². The van der Waals surface area contributed by atoms with E-state index in [-0.39, 0.29) is 0 Å². The van der Waals surface area contributed by atoms with Gasteiger partial charge < -0.3 is 9.64 Å². The van der Waals surface area contributed by atoms with Gasteiger partial charge in [-0.1, -0.05) is 11.8 Å². The molecule has 0 radical (unpaired) electrons. The molecule has 3 N–H and O–H groups in total. The smallest absolute Gasteiger partial charge is 0.242 e. The van der Waals surface area contributed by atoms with Gasteiger partial charge in [0.15, 0.2) is 5.16 Å². The summed E-state index contributed by atoms with van der Waals surface area (Å²) in [4.78, 5) is 15.2. The van der Waals surface area contributed by atoms with Crippen molar-refractivity contribution in [3.8, 4) is 0 Å². The summed E-state index contributed by atoms with van der Waals surface area (Å²) >= 11 is 1.60. The number of hydrazine groups is 1. The zero-order chi connectivity index (χ0) is 13.5. The van der Waals surface area contributed by atoms with Gasteiger partial charge in [0.05, 0.1) is 0 Å². The van der Waals surface area contributed by atoms with Gasteiger partial charge in [0.25, 0.3) is 0 Å². The molecule has 0 aromatic carbocycles. The van der Waals surface area contributed by atoms with E-state index in [9.17, 15) is 0 Å². The molecule has 1 saturated heterocycles. The van der Waals surface area contributed by atoms with E-state index in [0.717, 1.165) is 37.8 Å². The van der Waals surface area contributed by atoms with Crippen molar-refractivity contribution < 1.29 is 4.74 Å². The number of aromatic nitrogens is 3. The van der Waals surface area contributed by atoms with E-state index >= 15 is 0 Å². The van der Waals surface area contributed by atoms with Gasteiger partial charge in [-0.05, 0) is 19.3 Å². The average molecular weight is 284 g/mol. The summed E-state index contributed by atoms with van der Waals surface area (Å²) in [5.74, 6) is 7.47. The molecule has 0 atom stereocenters. The number of hydrogen-bond acceptors (Lipinski definition) is 8. The third-order valence-electron chi connectivity index (χ3n) is 2.85. The Bertz CT molecular complexity index is 399. The summed E-state index contributed by atoms with van der Waals surface area (Å²) in [6, 6.07) is 0. The predicted octanol–water partition coefficient (Wildman–Crippen LogP) is 0.886. The van der Waals surface area contributed by atoms with Crippen molar-refractivity contribution in [2.45, 2.75) is 24.4 Å². The molecule has 1 aromatic rings. The average Bonchev–Trinajstić information content (AvgIpc) is 2.97.